The molecule has 0 amide bonds. The normalized spacial score (nSPS) is 10.2. The number of hydrogen-bond acceptors (Lipinski definition) is 3. The van der Waals surface area contributed by atoms with Crippen molar-refractivity contribution in [2.24, 2.45) is 0 Å². The molecule has 4 nitrogen and oxygen atoms in total. The number of rotatable bonds is 3. The molecule has 0 N–H and O–H groups in total. The van der Waals surface area contributed by atoms with Gasteiger partial charge in [-0.25, -0.2) is 4.68 Å². The Hall–Kier alpha value is -1.97. The van der Waals surface area contributed by atoms with E-state index in [-0.39, 0.29) is 0 Å². The first-order valence-corrected chi connectivity index (χ1v) is 4.79. The molecule has 0 atom stereocenters. The summed E-state index contributed by atoms with van der Waals surface area (Å²) in [6.07, 6.45) is 2.55. The summed E-state index contributed by atoms with van der Waals surface area (Å²) in [5.74, 6) is 0. The second-order valence-electron chi connectivity index (χ2n) is 3.17. The van der Waals surface area contributed by atoms with E-state index in [4.69, 9.17) is 0 Å². The van der Waals surface area contributed by atoms with E-state index in [1.165, 1.54) is 0 Å². The third-order valence-electron chi connectivity index (χ3n) is 2.26. The predicted octanol–water partition coefficient (Wildman–Crippen LogP) is 1.78. The monoisotopic (exact) mass is 201 g/mol. The van der Waals surface area contributed by atoms with Crippen molar-refractivity contribution in [3.8, 4) is 11.3 Å². The highest BCUT2D eigenvalue weighted by Gasteiger charge is 2.04. The van der Waals surface area contributed by atoms with Gasteiger partial charge in [-0.1, -0.05) is 29.5 Å². The number of aldehydes is 1. The van der Waals surface area contributed by atoms with Gasteiger partial charge in [-0.05, 0) is 6.92 Å². The Balaban J connectivity index is 2.41. The topological polar surface area (TPSA) is 47.8 Å². The molecule has 0 aliphatic carbocycles. The summed E-state index contributed by atoms with van der Waals surface area (Å²) in [6.45, 7) is 2.79. The number of aryl methyl sites for hydroxylation is 1. The van der Waals surface area contributed by atoms with E-state index in [0.717, 1.165) is 24.1 Å². The fraction of sp³-hybridized carbons (Fsp3) is 0.182. The summed E-state index contributed by atoms with van der Waals surface area (Å²) in [5, 5.41) is 7.81. The second-order valence-corrected chi connectivity index (χ2v) is 3.17. The Morgan fingerprint density at radius 1 is 1.33 bits per heavy atom. The predicted molar refractivity (Wildman–Crippen MR) is 56.5 cm³/mol. The van der Waals surface area contributed by atoms with Crippen LogP contribution in [0.4, 0.5) is 0 Å². The molecule has 15 heavy (non-hydrogen) atoms. The maximum Gasteiger partial charge on any atom is 0.150 e. The van der Waals surface area contributed by atoms with Crippen LogP contribution in [0.2, 0.25) is 0 Å². The van der Waals surface area contributed by atoms with E-state index in [1.807, 2.05) is 23.7 Å². The van der Waals surface area contributed by atoms with Crippen molar-refractivity contribution < 1.29 is 4.79 Å². The number of nitrogens with zero attached hydrogens (tertiary/aromatic N) is 3. The fourth-order valence-corrected chi connectivity index (χ4v) is 1.45. The van der Waals surface area contributed by atoms with Crippen LogP contribution in [-0.4, -0.2) is 21.3 Å². The molecule has 1 aromatic heterocycles. The second kappa shape index (κ2) is 4.04. The molecular weight excluding hydrogens is 190 g/mol. The molecule has 0 aliphatic heterocycles. The Morgan fingerprint density at radius 2 is 2.07 bits per heavy atom. The van der Waals surface area contributed by atoms with Gasteiger partial charge in [0.25, 0.3) is 0 Å². The van der Waals surface area contributed by atoms with Crippen molar-refractivity contribution in [3.63, 3.8) is 0 Å². The van der Waals surface area contributed by atoms with Gasteiger partial charge in [-0.3, -0.25) is 4.79 Å². The molecule has 0 unspecified atom stereocenters. The zero-order chi connectivity index (χ0) is 10.7. The average Bonchev–Trinajstić information content (AvgIpc) is 2.77. The zero-order valence-corrected chi connectivity index (χ0v) is 8.42. The van der Waals surface area contributed by atoms with Gasteiger partial charge in [0.1, 0.15) is 6.29 Å². The Morgan fingerprint density at radius 3 is 2.67 bits per heavy atom. The number of carbonyl (C=O) groups is 1. The largest absolute Gasteiger partial charge is 0.298 e. The molecule has 4 heteroatoms. The van der Waals surface area contributed by atoms with Crippen LogP contribution in [0.15, 0.2) is 30.5 Å². The van der Waals surface area contributed by atoms with Gasteiger partial charge in [0.15, 0.2) is 0 Å². The van der Waals surface area contributed by atoms with Crippen LogP contribution in [0.1, 0.15) is 17.3 Å². The molecule has 2 rings (SSSR count). The number of carbonyl (C=O) groups excluding carboxylic acids is 1. The minimum absolute atomic E-state index is 0.675. The summed E-state index contributed by atoms with van der Waals surface area (Å²) < 4.78 is 1.82. The molecule has 1 heterocycles. The van der Waals surface area contributed by atoms with Crippen molar-refractivity contribution >= 4 is 6.29 Å². The van der Waals surface area contributed by atoms with Crippen LogP contribution in [0, 0.1) is 0 Å². The highest BCUT2D eigenvalue weighted by Crippen LogP contribution is 2.17. The molecule has 2 aromatic rings. The van der Waals surface area contributed by atoms with E-state index in [1.54, 1.807) is 18.3 Å². The van der Waals surface area contributed by atoms with E-state index >= 15 is 0 Å². The first-order chi connectivity index (χ1) is 7.35. The van der Waals surface area contributed by atoms with Gasteiger partial charge in [-0.2, -0.15) is 0 Å². The van der Waals surface area contributed by atoms with E-state index < -0.39 is 0 Å². The van der Waals surface area contributed by atoms with E-state index in [2.05, 4.69) is 10.3 Å². The lowest BCUT2D eigenvalue weighted by atomic mass is 10.1. The first kappa shape index (κ1) is 9.58. The smallest absolute Gasteiger partial charge is 0.150 e. The maximum absolute atomic E-state index is 10.5. The van der Waals surface area contributed by atoms with E-state index in [9.17, 15) is 4.79 Å². The molecule has 1 aromatic carbocycles. The summed E-state index contributed by atoms with van der Waals surface area (Å²) in [5.41, 5.74) is 2.66. The van der Waals surface area contributed by atoms with Gasteiger partial charge in [0, 0.05) is 17.7 Å². The molecular formula is C11H11N3O. The molecule has 76 valence electrons. The lowest BCUT2D eigenvalue weighted by Crippen LogP contribution is -1.99. The summed E-state index contributed by atoms with van der Waals surface area (Å²) in [7, 11) is 0. The summed E-state index contributed by atoms with van der Waals surface area (Å²) in [4.78, 5) is 10.5. The molecule has 0 fully saturated rings. The molecule has 0 radical (unpaired) electrons. The standard InChI is InChI=1S/C11H11N3O/c1-2-14-11(7-12-13-14)10-5-3-9(8-15)4-6-10/h3-8H,2H2,1H3. The van der Waals surface area contributed by atoms with Gasteiger partial charge >= 0.3 is 0 Å². The van der Waals surface area contributed by atoms with Gasteiger partial charge in [0.2, 0.25) is 0 Å². The van der Waals surface area contributed by atoms with Crippen molar-refractivity contribution in [1.82, 2.24) is 15.0 Å². The van der Waals surface area contributed by atoms with Crippen LogP contribution >= 0.6 is 0 Å². The fourth-order valence-electron chi connectivity index (χ4n) is 1.45. The number of aromatic nitrogens is 3. The van der Waals surface area contributed by atoms with Crippen molar-refractivity contribution in [2.45, 2.75) is 13.5 Å². The molecule has 0 saturated carbocycles. The number of hydrogen-bond donors (Lipinski definition) is 0. The van der Waals surface area contributed by atoms with Crippen LogP contribution < -0.4 is 0 Å². The number of benzene rings is 1. The van der Waals surface area contributed by atoms with Crippen molar-refractivity contribution in [3.05, 3.63) is 36.0 Å². The molecule has 0 saturated heterocycles. The van der Waals surface area contributed by atoms with Crippen LogP contribution in [0.5, 0.6) is 0 Å². The minimum Gasteiger partial charge on any atom is -0.298 e. The Bertz CT molecular complexity index is 459. The van der Waals surface area contributed by atoms with Crippen LogP contribution in [0.3, 0.4) is 0 Å². The molecule has 0 aliphatic rings. The van der Waals surface area contributed by atoms with Crippen LogP contribution in [0.25, 0.3) is 11.3 Å². The molecule has 0 spiro atoms. The average molecular weight is 201 g/mol. The van der Waals surface area contributed by atoms with E-state index in [0.29, 0.717) is 5.56 Å². The summed E-state index contributed by atoms with van der Waals surface area (Å²) >= 11 is 0. The van der Waals surface area contributed by atoms with Gasteiger partial charge in [0.05, 0.1) is 11.9 Å². The highest BCUT2D eigenvalue weighted by molar-refractivity contribution is 5.76. The lowest BCUT2D eigenvalue weighted by molar-refractivity contribution is 0.112. The minimum atomic E-state index is 0.675. The van der Waals surface area contributed by atoms with Gasteiger partial charge < -0.3 is 0 Å². The van der Waals surface area contributed by atoms with Crippen molar-refractivity contribution in [1.29, 1.82) is 0 Å². The van der Waals surface area contributed by atoms with Crippen LogP contribution in [-0.2, 0) is 6.54 Å². The SMILES string of the molecule is CCn1nncc1-c1ccc(C=O)cc1. The highest BCUT2D eigenvalue weighted by atomic mass is 16.1. The molecule has 0 bridgehead atoms. The van der Waals surface area contributed by atoms with Crippen molar-refractivity contribution in [2.75, 3.05) is 0 Å². The zero-order valence-electron chi connectivity index (χ0n) is 8.42. The quantitative estimate of drug-likeness (QED) is 0.711. The first-order valence-electron chi connectivity index (χ1n) is 4.79. The summed E-state index contributed by atoms with van der Waals surface area (Å²) in [6, 6.07) is 7.37. The van der Waals surface area contributed by atoms with Gasteiger partial charge in [-0.15, -0.1) is 5.10 Å². The Kier molecular flexibility index (Phi) is 2.58. The Labute approximate surface area is 87.5 Å². The maximum atomic E-state index is 10.5. The third-order valence-corrected chi connectivity index (χ3v) is 2.26. The third kappa shape index (κ3) is 1.79. The lowest BCUT2D eigenvalue weighted by Gasteiger charge is -2.02.